The number of esters is 1. The van der Waals surface area contributed by atoms with Crippen molar-refractivity contribution in [3.8, 4) is 5.75 Å². The van der Waals surface area contributed by atoms with Crippen LogP contribution >= 0.6 is 11.6 Å². The summed E-state index contributed by atoms with van der Waals surface area (Å²) in [7, 11) is 3.18. The largest absolute Gasteiger partial charge is 0.497 e. The number of aliphatic imine (C=N–C) groups is 1. The van der Waals surface area contributed by atoms with E-state index >= 15 is 0 Å². The topological polar surface area (TPSA) is 74.2 Å². The van der Waals surface area contributed by atoms with Gasteiger partial charge in [-0.1, -0.05) is 35.9 Å². The van der Waals surface area contributed by atoms with Gasteiger partial charge in [-0.15, -0.1) is 0 Å². The van der Waals surface area contributed by atoms with Crippen LogP contribution in [0.2, 0.25) is 5.02 Å². The van der Waals surface area contributed by atoms with Crippen molar-refractivity contribution in [3.05, 3.63) is 76.0 Å². The number of carbonyl (C=O) groups excluding carboxylic acids is 2. The Morgan fingerprint density at radius 3 is 2.32 bits per heavy atom. The fourth-order valence-electron chi connectivity index (χ4n) is 4.82. The van der Waals surface area contributed by atoms with Crippen molar-refractivity contribution in [2.24, 2.45) is 10.9 Å². The van der Waals surface area contributed by atoms with Crippen molar-refractivity contribution in [2.75, 3.05) is 27.4 Å². The predicted octanol–water partition coefficient (Wildman–Crippen LogP) is 5.11. The Labute approximate surface area is 204 Å². The third-order valence-corrected chi connectivity index (χ3v) is 6.74. The van der Waals surface area contributed by atoms with Gasteiger partial charge in [0, 0.05) is 41.5 Å². The Morgan fingerprint density at radius 1 is 1.00 bits per heavy atom. The van der Waals surface area contributed by atoms with E-state index < -0.39 is 17.8 Å². The van der Waals surface area contributed by atoms with Crippen molar-refractivity contribution >= 4 is 29.1 Å². The predicted molar refractivity (Wildman–Crippen MR) is 131 cm³/mol. The van der Waals surface area contributed by atoms with Crippen molar-refractivity contribution in [1.82, 2.24) is 0 Å². The number of nitrogens with zero attached hydrogens (tertiary/aromatic N) is 1. The lowest BCUT2D eigenvalue weighted by Gasteiger charge is -2.36. The zero-order valence-corrected chi connectivity index (χ0v) is 20.3. The third-order valence-electron chi connectivity index (χ3n) is 6.49. The number of hydrogen-bond donors (Lipinski definition) is 0. The summed E-state index contributed by atoms with van der Waals surface area (Å²) in [4.78, 5) is 31.5. The first kappa shape index (κ1) is 24.2. The smallest absolute Gasteiger partial charge is 0.315 e. The van der Waals surface area contributed by atoms with Gasteiger partial charge in [-0.2, -0.15) is 0 Å². The first-order chi connectivity index (χ1) is 16.4. The molecule has 0 spiro atoms. The second kappa shape index (κ2) is 10.5. The van der Waals surface area contributed by atoms with Crippen molar-refractivity contribution in [2.45, 2.75) is 31.6 Å². The lowest BCUT2D eigenvalue weighted by atomic mass is 9.69. The molecule has 6 nitrogen and oxygen atoms in total. The molecule has 0 saturated heterocycles. The van der Waals surface area contributed by atoms with Crippen LogP contribution in [0.15, 0.2) is 64.8 Å². The van der Waals surface area contributed by atoms with E-state index in [4.69, 9.17) is 30.8 Å². The first-order valence-electron chi connectivity index (χ1n) is 11.3. The fraction of sp³-hybridized carbons (Fsp3) is 0.370. The molecule has 1 unspecified atom stereocenters. The van der Waals surface area contributed by atoms with Gasteiger partial charge in [0.15, 0.2) is 5.78 Å². The molecule has 0 aromatic heterocycles. The van der Waals surface area contributed by atoms with Gasteiger partial charge < -0.3 is 14.2 Å². The molecule has 1 heterocycles. The number of hydrogen-bond acceptors (Lipinski definition) is 6. The lowest BCUT2D eigenvalue weighted by Crippen LogP contribution is -2.38. The standard InChI is InChI=1S/C27H28ClNO5/c1-16-24(27(31)34-13-12-32-2)25(18-4-8-20(28)9-5-18)26-22(29-16)14-19(15-23(26)30)17-6-10-21(33-3)11-7-17/h4-11,19,24-25H,12-15H2,1-3H3/t19-,24?,25-/m1/s1. The maximum Gasteiger partial charge on any atom is 0.315 e. The quantitative estimate of drug-likeness (QED) is 0.405. The fourth-order valence-corrected chi connectivity index (χ4v) is 4.95. The average Bonchev–Trinajstić information content (AvgIpc) is 2.83. The summed E-state index contributed by atoms with van der Waals surface area (Å²) >= 11 is 6.12. The van der Waals surface area contributed by atoms with E-state index in [1.54, 1.807) is 26.4 Å². The molecule has 0 N–H and O–H groups in total. The van der Waals surface area contributed by atoms with Crippen LogP contribution in [0, 0.1) is 5.92 Å². The number of carbonyl (C=O) groups is 2. The van der Waals surface area contributed by atoms with E-state index in [1.165, 1.54) is 0 Å². The number of ether oxygens (including phenoxy) is 3. The minimum atomic E-state index is -0.682. The summed E-state index contributed by atoms with van der Waals surface area (Å²) in [5, 5.41) is 0.591. The summed E-state index contributed by atoms with van der Waals surface area (Å²) in [5.74, 6) is -0.759. The van der Waals surface area contributed by atoms with Crippen LogP contribution in [-0.4, -0.2) is 44.9 Å². The van der Waals surface area contributed by atoms with Crippen LogP contribution in [-0.2, 0) is 19.1 Å². The molecule has 0 bridgehead atoms. The summed E-state index contributed by atoms with van der Waals surface area (Å²) in [6.07, 6.45) is 0.982. The zero-order chi connectivity index (χ0) is 24.2. The number of Topliss-reactive ketones (excluding diaryl/α,β-unsaturated/α-hetero) is 1. The van der Waals surface area contributed by atoms with E-state index in [1.807, 2.05) is 43.3 Å². The molecule has 178 valence electrons. The van der Waals surface area contributed by atoms with Gasteiger partial charge >= 0.3 is 5.97 Å². The van der Waals surface area contributed by atoms with Crippen molar-refractivity contribution < 1.29 is 23.8 Å². The van der Waals surface area contributed by atoms with Gasteiger partial charge in [-0.3, -0.25) is 14.6 Å². The SMILES string of the molecule is COCCOC(=O)C1C(C)=NC2=C(C(=O)C[C@H](c3ccc(OC)cc3)C2)[C@@H]1c1ccc(Cl)cc1. The number of allylic oxidation sites excluding steroid dienone is 2. The molecule has 0 fully saturated rings. The molecule has 0 amide bonds. The Hall–Kier alpha value is -2.96. The van der Waals surface area contributed by atoms with Crippen LogP contribution in [0.4, 0.5) is 0 Å². The number of halogens is 1. The highest BCUT2D eigenvalue weighted by Crippen LogP contribution is 2.47. The highest BCUT2D eigenvalue weighted by molar-refractivity contribution is 6.30. The van der Waals surface area contributed by atoms with E-state index in [9.17, 15) is 9.59 Å². The van der Waals surface area contributed by atoms with Crippen LogP contribution < -0.4 is 4.74 Å². The Bertz CT molecular complexity index is 1120. The molecular weight excluding hydrogens is 454 g/mol. The van der Waals surface area contributed by atoms with Gasteiger partial charge in [0.25, 0.3) is 0 Å². The Kier molecular flexibility index (Phi) is 7.49. The maximum absolute atomic E-state index is 13.6. The zero-order valence-electron chi connectivity index (χ0n) is 19.5. The molecule has 2 aliphatic rings. The summed E-state index contributed by atoms with van der Waals surface area (Å²) < 4.78 is 15.7. The van der Waals surface area contributed by atoms with Gasteiger partial charge in [0.1, 0.15) is 18.3 Å². The average molecular weight is 482 g/mol. The third kappa shape index (κ3) is 4.93. The molecule has 34 heavy (non-hydrogen) atoms. The number of methoxy groups -OCH3 is 2. The minimum absolute atomic E-state index is 0.00737. The molecular formula is C27H28ClNO5. The second-order valence-corrected chi connectivity index (χ2v) is 9.02. The number of benzene rings is 2. The van der Waals surface area contributed by atoms with Crippen molar-refractivity contribution in [1.29, 1.82) is 0 Å². The Balaban J connectivity index is 1.72. The van der Waals surface area contributed by atoms with Gasteiger partial charge in [-0.25, -0.2) is 0 Å². The molecule has 2 aromatic carbocycles. The maximum atomic E-state index is 13.6. The van der Waals surface area contributed by atoms with E-state index in [2.05, 4.69) is 0 Å². The molecule has 4 rings (SSSR count). The van der Waals surface area contributed by atoms with Crippen LogP contribution in [0.3, 0.4) is 0 Å². The van der Waals surface area contributed by atoms with Gasteiger partial charge in [0.05, 0.1) is 13.7 Å². The van der Waals surface area contributed by atoms with Crippen LogP contribution in [0.5, 0.6) is 5.75 Å². The van der Waals surface area contributed by atoms with E-state index in [-0.39, 0.29) is 18.3 Å². The summed E-state index contributed by atoms with van der Waals surface area (Å²) in [5.41, 5.74) is 3.90. The second-order valence-electron chi connectivity index (χ2n) is 8.58. The monoisotopic (exact) mass is 481 g/mol. The van der Waals surface area contributed by atoms with E-state index in [0.717, 1.165) is 22.6 Å². The number of rotatable bonds is 7. The molecule has 1 aliphatic heterocycles. The molecule has 0 radical (unpaired) electrons. The number of ketones is 1. The molecule has 2 aromatic rings. The summed E-state index contributed by atoms with van der Waals surface area (Å²) in [6.45, 7) is 2.28. The van der Waals surface area contributed by atoms with E-state index in [0.29, 0.717) is 35.8 Å². The van der Waals surface area contributed by atoms with Crippen molar-refractivity contribution in [3.63, 3.8) is 0 Å². The molecule has 3 atom stereocenters. The normalized spacial score (nSPS) is 22.2. The Morgan fingerprint density at radius 2 is 1.68 bits per heavy atom. The minimum Gasteiger partial charge on any atom is -0.497 e. The highest BCUT2D eigenvalue weighted by atomic mass is 35.5. The molecule has 1 aliphatic carbocycles. The lowest BCUT2D eigenvalue weighted by molar-refractivity contribution is -0.147. The van der Waals surface area contributed by atoms with Gasteiger partial charge in [-0.05, 0) is 54.7 Å². The highest BCUT2D eigenvalue weighted by Gasteiger charge is 2.44. The molecule has 0 saturated carbocycles. The van der Waals surface area contributed by atoms with Gasteiger partial charge in [0.2, 0.25) is 0 Å². The van der Waals surface area contributed by atoms with Crippen LogP contribution in [0.1, 0.15) is 42.7 Å². The van der Waals surface area contributed by atoms with Crippen LogP contribution in [0.25, 0.3) is 0 Å². The first-order valence-corrected chi connectivity index (χ1v) is 11.7. The molecule has 7 heteroatoms. The summed E-state index contributed by atoms with van der Waals surface area (Å²) in [6, 6.07) is 15.1.